The monoisotopic (exact) mass is 209 g/mol. The zero-order valence-electron chi connectivity index (χ0n) is 4.26. The van der Waals surface area contributed by atoms with Gasteiger partial charge in [0.2, 0.25) is 0 Å². The van der Waals surface area contributed by atoms with E-state index >= 15 is 0 Å². The fraction of sp³-hybridized carbons (Fsp3) is 0.600. The number of hydrogen-bond donors (Lipinski definition) is 0. The van der Waals surface area contributed by atoms with Crippen LogP contribution in [0.1, 0.15) is 6.92 Å². The van der Waals surface area contributed by atoms with E-state index in [0.29, 0.717) is 0 Å². The minimum atomic E-state index is 0.213. The van der Waals surface area contributed by atoms with Crippen LogP contribution < -0.4 is 0 Å². The Bertz CT molecular complexity index is 107. The van der Waals surface area contributed by atoms with Crippen LogP contribution in [0.15, 0.2) is 15.4 Å². The van der Waals surface area contributed by atoms with E-state index in [2.05, 4.69) is 16.1 Å². The fourth-order valence-corrected chi connectivity index (χ4v) is 1.97. The average molecular weight is 209 g/mol. The highest BCUT2D eigenvalue weighted by atomic mass is 127. The van der Waals surface area contributed by atoms with Gasteiger partial charge in [-0.3, -0.25) is 0 Å². The van der Waals surface area contributed by atoms with Gasteiger partial charge in [0.05, 0.1) is 0 Å². The van der Waals surface area contributed by atoms with Crippen LogP contribution in [0.5, 0.6) is 0 Å². The number of halogens is 1. The van der Waals surface area contributed by atoms with Gasteiger partial charge in [-0.15, -0.1) is 0 Å². The van der Waals surface area contributed by atoms with Gasteiger partial charge in [-0.2, -0.15) is 0 Å². The molecule has 0 amide bonds. The molecule has 0 saturated heterocycles. The van der Waals surface area contributed by atoms with Crippen molar-refractivity contribution in [2.24, 2.45) is 9.06 Å². The maximum atomic E-state index is 4.16. The highest BCUT2D eigenvalue weighted by Crippen LogP contribution is 2.14. The first-order valence-corrected chi connectivity index (χ1v) is 4.84. The predicted molar refractivity (Wildman–Crippen MR) is 39.6 cm³/mol. The van der Waals surface area contributed by atoms with Crippen molar-refractivity contribution in [3.63, 3.8) is 0 Å². The van der Waals surface area contributed by atoms with Crippen molar-refractivity contribution in [1.82, 2.24) is 0 Å². The number of alkyl halides is 1. The van der Waals surface area contributed by atoms with Gasteiger partial charge in [0.15, 0.2) is 0 Å². The lowest BCUT2D eigenvalue weighted by molar-refractivity contribution is 0.856. The largest absolute Gasteiger partial charge is 0.235 e. The highest BCUT2D eigenvalue weighted by molar-refractivity contribution is 14.2. The van der Waals surface area contributed by atoms with Crippen LogP contribution in [0.3, 0.4) is 0 Å². The average Bonchev–Trinajstić information content (AvgIpc) is 1.69. The molecular weight excluding hydrogens is 201 g/mol. The highest BCUT2D eigenvalue weighted by Gasteiger charge is 1.95. The van der Waals surface area contributed by atoms with Crippen molar-refractivity contribution in [3.05, 3.63) is 12.3 Å². The standard InChI is InChI=1S/C5H8IN/c1-5-2-3-7-6-4-5/h2-3,5H,4H2,1H3. The zero-order chi connectivity index (χ0) is 5.11. The third-order valence-electron chi connectivity index (χ3n) is 0.852. The minimum Gasteiger partial charge on any atom is -0.235 e. The summed E-state index contributed by atoms with van der Waals surface area (Å²) in [6.07, 6.45) is 4.13. The van der Waals surface area contributed by atoms with Crippen LogP contribution >= 0.6 is 21.0 Å². The Kier molecular flexibility index (Phi) is 1.97. The molecule has 1 aliphatic heterocycles. The normalized spacial score (nSPS) is 29.6. The van der Waals surface area contributed by atoms with Gasteiger partial charge in [-0.1, -0.05) is 13.0 Å². The summed E-state index contributed by atoms with van der Waals surface area (Å²) < 4.78 is 5.50. The predicted octanol–water partition coefficient (Wildman–Crippen LogP) is 2.30. The summed E-state index contributed by atoms with van der Waals surface area (Å²) in [6, 6.07) is 0. The molecule has 0 aromatic rings. The molecule has 1 unspecified atom stereocenters. The Labute approximate surface area is 54.0 Å². The van der Waals surface area contributed by atoms with E-state index < -0.39 is 0 Å². The van der Waals surface area contributed by atoms with Gasteiger partial charge in [-0.05, 0) is 27.0 Å². The summed E-state index contributed by atoms with van der Waals surface area (Å²) in [7, 11) is 0. The van der Waals surface area contributed by atoms with E-state index in [-0.39, 0.29) is 21.0 Å². The lowest BCUT2D eigenvalue weighted by atomic mass is 10.2. The van der Waals surface area contributed by atoms with Crippen LogP contribution in [0, 0.1) is 5.92 Å². The quantitative estimate of drug-likeness (QED) is 0.428. The van der Waals surface area contributed by atoms with Crippen molar-refractivity contribution in [2.75, 3.05) is 4.43 Å². The zero-order valence-corrected chi connectivity index (χ0v) is 6.42. The fourth-order valence-electron chi connectivity index (χ4n) is 0.419. The second kappa shape index (κ2) is 2.55. The molecule has 1 atom stereocenters. The summed E-state index contributed by atoms with van der Waals surface area (Å²) in [5.41, 5.74) is 0. The molecule has 0 fully saturated rings. The number of rotatable bonds is 0. The smallest absolute Gasteiger partial charge is 0.0288 e. The Balaban J connectivity index is 2.49. The van der Waals surface area contributed by atoms with E-state index in [4.69, 9.17) is 0 Å². The van der Waals surface area contributed by atoms with Gasteiger partial charge in [-0.25, -0.2) is 3.15 Å². The Morgan fingerprint density at radius 2 is 2.71 bits per heavy atom. The summed E-state index contributed by atoms with van der Waals surface area (Å²) in [5, 5.41) is 0. The van der Waals surface area contributed by atoms with E-state index in [1.165, 1.54) is 4.43 Å². The lowest BCUT2D eigenvalue weighted by Gasteiger charge is -2.00. The second-order valence-corrected chi connectivity index (χ2v) is 3.81. The van der Waals surface area contributed by atoms with E-state index in [9.17, 15) is 0 Å². The third-order valence-corrected chi connectivity index (χ3v) is 3.35. The molecule has 0 aromatic carbocycles. The minimum absolute atomic E-state index is 0.213. The van der Waals surface area contributed by atoms with Crippen LogP contribution in [0.4, 0.5) is 0 Å². The van der Waals surface area contributed by atoms with Gasteiger partial charge >= 0.3 is 0 Å². The Hall–Kier alpha value is 0.270. The second-order valence-electron chi connectivity index (χ2n) is 1.69. The van der Waals surface area contributed by atoms with Gasteiger partial charge in [0.25, 0.3) is 0 Å². The van der Waals surface area contributed by atoms with Crippen molar-refractivity contribution in [3.8, 4) is 0 Å². The molecule has 1 nitrogen and oxygen atoms in total. The Morgan fingerprint density at radius 1 is 1.86 bits per heavy atom. The molecule has 0 N–H and O–H groups in total. The molecule has 0 bridgehead atoms. The molecule has 7 heavy (non-hydrogen) atoms. The molecule has 40 valence electrons. The van der Waals surface area contributed by atoms with Crippen LogP contribution in [-0.2, 0) is 0 Å². The Morgan fingerprint density at radius 3 is 3.00 bits per heavy atom. The van der Waals surface area contributed by atoms with Crippen LogP contribution in [0.25, 0.3) is 0 Å². The summed E-state index contributed by atoms with van der Waals surface area (Å²) in [4.78, 5) is 0. The molecular formula is C5H8IN. The molecule has 0 saturated carbocycles. The first kappa shape index (κ1) is 5.41. The molecule has 2 heteroatoms. The van der Waals surface area contributed by atoms with Gasteiger partial charge < -0.3 is 0 Å². The van der Waals surface area contributed by atoms with Gasteiger partial charge in [0.1, 0.15) is 0 Å². The summed E-state index contributed by atoms with van der Waals surface area (Å²) in [6.45, 7) is 2.24. The molecule has 1 rings (SSSR count). The maximum absolute atomic E-state index is 4.16. The summed E-state index contributed by atoms with van der Waals surface area (Å²) in [5.74, 6) is 0.810. The number of allylic oxidation sites excluding steroid dienone is 1. The number of nitrogens with zero attached hydrogens (tertiary/aromatic N) is 1. The van der Waals surface area contributed by atoms with E-state index in [1.807, 2.05) is 6.20 Å². The van der Waals surface area contributed by atoms with Crippen molar-refractivity contribution < 1.29 is 0 Å². The molecule has 0 aromatic heterocycles. The molecule has 1 aliphatic rings. The van der Waals surface area contributed by atoms with Crippen LogP contribution in [-0.4, -0.2) is 4.43 Å². The number of hydrogen-bond acceptors (Lipinski definition) is 1. The SMILES string of the molecule is CC1C=CN=IC1. The molecule has 0 aliphatic carbocycles. The summed E-state index contributed by atoms with van der Waals surface area (Å²) >= 11 is 0.213. The van der Waals surface area contributed by atoms with Crippen molar-refractivity contribution in [1.29, 1.82) is 0 Å². The first-order chi connectivity index (χ1) is 3.39. The third kappa shape index (κ3) is 1.67. The topological polar surface area (TPSA) is 12.4 Å². The van der Waals surface area contributed by atoms with Crippen molar-refractivity contribution in [2.45, 2.75) is 6.92 Å². The molecule has 1 heterocycles. The molecule has 0 radical (unpaired) electrons. The van der Waals surface area contributed by atoms with E-state index in [1.54, 1.807) is 0 Å². The van der Waals surface area contributed by atoms with Crippen LogP contribution in [0.2, 0.25) is 0 Å². The van der Waals surface area contributed by atoms with E-state index in [0.717, 1.165) is 5.92 Å². The molecule has 0 spiro atoms. The van der Waals surface area contributed by atoms with Crippen molar-refractivity contribution >= 4 is 21.0 Å². The maximum Gasteiger partial charge on any atom is 0.0288 e. The first-order valence-electron chi connectivity index (χ1n) is 2.35. The lowest BCUT2D eigenvalue weighted by Crippen LogP contribution is -1.90. The van der Waals surface area contributed by atoms with Gasteiger partial charge in [0, 0.05) is 10.6 Å².